The Kier molecular flexibility index (Phi) is 3.56. The van der Waals surface area contributed by atoms with Crippen molar-refractivity contribution < 1.29 is 4.79 Å². The lowest BCUT2D eigenvalue weighted by molar-refractivity contribution is -0.135. The van der Waals surface area contributed by atoms with Crippen LogP contribution in [0.25, 0.3) is 0 Å². The molecule has 0 saturated carbocycles. The summed E-state index contributed by atoms with van der Waals surface area (Å²) in [7, 11) is 0. The summed E-state index contributed by atoms with van der Waals surface area (Å²) in [4.78, 5) is 19.3. The number of imidazole rings is 1. The summed E-state index contributed by atoms with van der Waals surface area (Å²) in [6, 6.07) is 9.06. The molecule has 0 spiro atoms. The maximum atomic E-state index is 13.3. The number of aromatic nitrogens is 6. The van der Waals surface area contributed by atoms with E-state index in [-0.39, 0.29) is 5.91 Å². The molecule has 0 fully saturated rings. The van der Waals surface area contributed by atoms with Crippen molar-refractivity contribution in [1.29, 1.82) is 0 Å². The van der Waals surface area contributed by atoms with Crippen molar-refractivity contribution in [3.05, 3.63) is 59.9 Å². The Morgan fingerprint density at radius 2 is 2.04 bits per heavy atom. The van der Waals surface area contributed by atoms with Crippen LogP contribution in [0.5, 0.6) is 0 Å². The molecule has 2 aromatic heterocycles. The van der Waals surface area contributed by atoms with Gasteiger partial charge < -0.3 is 9.47 Å². The number of carbonyl (C=O) groups is 1. The molecule has 1 aromatic carbocycles. The molecule has 8 nitrogen and oxygen atoms in total. The van der Waals surface area contributed by atoms with Gasteiger partial charge in [-0.2, -0.15) is 0 Å². The fourth-order valence-corrected chi connectivity index (χ4v) is 3.05. The van der Waals surface area contributed by atoms with Gasteiger partial charge in [0.15, 0.2) is 6.04 Å². The normalized spacial score (nSPS) is 15.1. The second-order valence-corrected chi connectivity index (χ2v) is 5.82. The van der Waals surface area contributed by atoms with Crippen molar-refractivity contribution in [2.75, 3.05) is 6.54 Å². The minimum absolute atomic E-state index is 0.0101. The van der Waals surface area contributed by atoms with Crippen LogP contribution in [0.15, 0.2) is 42.9 Å². The van der Waals surface area contributed by atoms with Gasteiger partial charge in [0, 0.05) is 19.3 Å². The highest BCUT2D eigenvalue weighted by atomic mass is 16.2. The van der Waals surface area contributed by atoms with Gasteiger partial charge in [0.25, 0.3) is 5.91 Å². The lowest BCUT2D eigenvalue weighted by atomic mass is 10.0. The molecule has 3 aromatic rings. The van der Waals surface area contributed by atoms with Crippen molar-refractivity contribution in [1.82, 2.24) is 34.7 Å². The van der Waals surface area contributed by atoms with Crippen LogP contribution < -0.4 is 0 Å². The summed E-state index contributed by atoms with van der Waals surface area (Å²) in [5.74, 6) is 0.600. The molecule has 1 aliphatic heterocycles. The van der Waals surface area contributed by atoms with Gasteiger partial charge >= 0.3 is 0 Å². The van der Waals surface area contributed by atoms with Crippen LogP contribution in [0.4, 0.5) is 0 Å². The molecular weight excluding hydrogens is 306 g/mol. The number of rotatable bonds is 3. The van der Waals surface area contributed by atoms with Gasteiger partial charge in [-0.25, -0.2) is 9.67 Å². The number of hydrogen-bond donors (Lipinski definition) is 0. The van der Waals surface area contributed by atoms with E-state index < -0.39 is 6.04 Å². The van der Waals surface area contributed by atoms with Gasteiger partial charge in [-0.05, 0) is 22.9 Å². The van der Waals surface area contributed by atoms with E-state index in [1.54, 1.807) is 24.1 Å². The average molecular weight is 323 g/mol. The summed E-state index contributed by atoms with van der Waals surface area (Å²) >= 11 is 0. The van der Waals surface area contributed by atoms with E-state index in [9.17, 15) is 4.79 Å². The molecular formula is C16H17N7O. The fraction of sp³-hybridized carbons (Fsp3) is 0.312. The van der Waals surface area contributed by atoms with Gasteiger partial charge in [0.2, 0.25) is 0 Å². The van der Waals surface area contributed by atoms with Crippen molar-refractivity contribution in [2.24, 2.45) is 0 Å². The first-order valence-corrected chi connectivity index (χ1v) is 7.81. The minimum Gasteiger partial charge on any atom is -0.333 e. The minimum atomic E-state index is -0.560. The molecule has 0 radical (unpaired) electrons. The molecule has 1 aliphatic rings. The van der Waals surface area contributed by atoms with Gasteiger partial charge in [-0.3, -0.25) is 4.79 Å². The van der Waals surface area contributed by atoms with Gasteiger partial charge in [0.1, 0.15) is 5.82 Å². The Labute approximate surface area is 138 Å². The molecule has 122 valence electrons. The zero-order valence-corrected chi connectivity index (χ0v) is 13.3. The first-order chi connectivity index (χ1) is 11.7. The summed E-state index contributed by atoms with van der Waals surface area (Å²) in [6.45, 7) is 3.74. The second-order valence-electron chi connectivity index (χ2n) is 5.82. The molecule has 0 unspecified atom stereocenters. The summed E-state index contributed by atoms with van der Waals surface area (Å²) in [5, 5.41) is 11.7. The zero-order chi connectivity index (χ0) is 16.5. The van der Waals surface area contributed by atoms with Crippen LogP contribution in [-0.4, -0.2) is 47.1 Å². The molecule has 3 heterocycles. The van der Waals surface area contributed by atoms with Crippen LogP contribution in [0.1, 0.15) is 23.1 Å². The highest BCUT2D eigenvalue weighted by Gasteiger charge is 2.31. The van der Waals surface area contributed by atoms with E-state index >= 15 is 0 Å². The quantitative estimate of drug-likeness (QED) is 0.712. The number of benzene rings is 1. The Morgan fingerprint density at radius 3 is 2.79 bits per heavy atom. The van der Waals surface area contributed by atoms with Crippen LogP contribution >= 0.6 is 0 Å². The average Bonchev–Trinajstić information content (AvgIpc) is 3.24. The van der Waals surface area contributed by atoms with Crippen LogP contribution in [-0.2, 0) is 17.9 Å². The maximum Gasteiger partial charge on any atom is 0.252 e. The van der Waals surface area contributed by atoms with E-state index in [1.807, 2.05) is 35.2 Å². The van der Waals surface area contributed by atoms with Gasteiger partial charge in [-0.15, -0.1) is 5.10 Å². The van der Waals surface area contributed by atoms with Crippen molar-refractivity contribution in [2.45, 2.75) is 26.1 Å². The lowest BCUT2D eigenvalue weighted by Crippen LogP contribution is -2.42. The Balaban J connectivity index is 1.69. The van der Waals surface area contributed by atoms with Gasteiger partial charge in [-0.1, -0.05) is 30.3 Å². The monoisotopic (exact) mass is 323 g/mol. The Hall–Kier alpha value is -3.03. The largest absolute Gasteiger partial charge is 0.333 e. The lowest BCUT2D eigenvalue weighted by Gasteiger charge is -2.31. The summed E-state index contributed by atoms with van der Waals surface area (Å²) in [6.07, 6.45) is 3.61. The molecule has 0 bridgehead atoms. The van der Waals surface area contributed by atoms with E-state index in [4.69, 9.17) is 0 Å². The molecule has 0 saturated heterocycles. The third-order valence-electron chi connectivity index (χ3n) is 4.33. The maximum absolute atomic E-state index is 13.3. The van der Waals surface area contributed by atoms with Crippen LogP contribution in [0, 0.1) is 6.92 Å². The van der Waals surface area contributed by atoms with E-state index in [1.165, 1.54) is 0 Å². The van der Waals surface area contributed by atoms with Gasteiger partial charge in [0.05, 0.1) is 18.6 Å². The zero-order valence-electron chi connectivity index (χ0n) is 13.3. The smallest absolute Gasteiger partial charge is 0.252 e. The summed E-state index contributed by atoms with van der Waals surface area (Å²) < 4.78 is 3.66. The molecule has 1 atom stereocenters. The molecule has 8 heteroatoms. The number of carbonyl (C=O) groups excluding carboxylic acids is 1. The molecule has 1 amide bonds. The topological polar surface area (TPSA) is 81.7 Å². The third kappa shape index (κ3) is 2.45. The van der Waals surface area contributed by atoms with Crippen LogP contribution in [0.3, 0.4) is 0 Å². The number of fused-ring (bicyclic) bond motifs is 1. The van der Waals surface area contributed by atoms with Crippen molar-refractivity contribution in [3.8, 4) is 0 Å². The standard InChI is InChI=1S/C16H17N7O/c1-12-18-19-20-23(12)15(13-5-3-2-4-6-13)16(24)21-7-8-22-11-17-9-14(22)10-21/h2-6,9,11,15H,7-8,10H2,1H3/t15-/m1/s1. The van der Waals surface area contributed by atoms with Crippen molar-refractivity contribution in [3.63, 3.8) is 0 Å². The van der Waals surface area contributed by atoms with Crippen LogP contribution in [0.2, 0.25) is 0 Å². The number of amides is 1. The SMILES string of the molecule is Cc1nnnn1[C@@H](C(=O)N1CCn2cncc2C1)c1ccccc1. The first kappa shape index (κ1) is 14.6. The number of aryl methyl sites for hydroxylation is 1. The first-order valence-electron chi connectivity index (χ1n) is 7.81. The molecule has 24 heavy (non-hydrogen) atoms. The second kappa shape index (κ2) is 5.88. The number of tetrazole rings is 1. The predicted octanol–water partition coefficient (Wildman–Crippen LogP) is 0.810. The number of nitrogens with zero attached hydrogens (tertiary/aromatic N) is 7. The number of hydrogen-bond acceptors (Lipinski definition) is 5. The van der Waals surface area contributed by atoms with E-state index in [0.717, 1.165) is 17.8 Å². The highest BCUT2D eigenvalue weighted by molar-refractivity contribution is 5.83. The van der Waals surface area contributed by atoms with E-state index in [2.05, 4.69) is 25.1 Å². The Morgan fingerprint density at radius 1 is 1.21 bits per heavy atom. The molecule has 4 rings (SSSR count). The fourth-order valence-electron chi connectivity index (χ4n) is 3.05. The summed E-state index contributed by atoms with van der Waals surface area (Å²) in [5.41, 5.74) is 1.91. The third-order valence-corrected chi connectivity index (χ3v) is 4.33. The van der Waals surface area contributed by atoms with E-state index in [0.29, 0.717) is 18.9 Å². The predicted molar refractivity (Wildman–Crippen MR) is 84.8 cm³/mol. The highest BCUT2D eigenvalue weighted by Crippen LogP contribution is 2.23. The molecule has 0 N–H and O–H groups in total. The Bertz CT molecular complexity index is 854. The molecule has 0 aliphatic carbocycles. The van der Waals surface area contributed by atoms with Crippen molar-refractivity contribution >= 4 is 5.91 Å².